The molecule has 0 unspecified atom stereocenters. The first-order valence-electron chi connectivity index (χ1n) is 4.38. The van der Waals surface area contributed by atoms with Crippen LogP contribution in [0.15, 0.2) is 36.7 Å². The number of nitrogens with zero attached hydrogens (tertiary/aromatic N) is 2. The molecule has 0 fully saturated rings. The number of aromatic nitrogens is 2. The fourth-order valence-corrected chi connectivity index (χ4v) is 1.38. The van der Waals surface area contributed by atoms with Crippen molar-refractivity contribution in [1.29, 1.82) is 0 Å². The first-order valence-corrected chi connectivity index (χ1v) is 4.38. The Kier molecular flexibility index (Phi) is 1.89. The fraction of sp³-hybridized carbons (Fsp3) is 0.182. The summed E-state index contributed by atoms with van der Waals surface area (Å²) in [7, 11) is 0. The van der Waals surface area contributed by atoms with Gasteiger partial charge in [-0.3, -0.25) is 0 Å². The molecule has 1 aromatic heterocycles. The summed E-state index contributed by atoms with van der Waals surface area (Å²) >= 11 is 0. The number of fused-ring (bicyclic) bond motifs is 1. The van der Waals surface area contributed by atoms with Gasteiger partial charge >= 0.3 is 0 Å². The molecule has 0 radical (unpaired) electrons. The van der Waals surface area contributed by atoms with Crippen LogP contribution in [-0.2, 0) is 0 Å². The van der Waals surface area contributed by atoms with Crippen LogP contribution in [0.4, 0.5) is 0 Å². The highest BCUT2D eigenvalue weighted by Crippen LogP contribution is 2.15. The molecule has 0 aliphatic carbocycles. The third kappa shape index (κ3) is 1.24. The average Bonchev–Trinajstić information content (AvgIpc) is 2.60. The predicted octanol–water partition coefficient (Wildman–Crippen LogP) is 2.92. The van der Waals surface area contributed by atoms with Crippen LogP contribution in [0.1, 0.15) is 13.8 Å². The second kappa shape index (κ2) is 3.05. The van der Waals surface area contributed by atoms with Crippen molar-refractivity contribution in [3.8, 4) is 0 Å². The van der Waals surface area contributed by atoms with E-state index >= 15 is 0 Å². The minimum atomic E-state index is 1.05. The smallest absolute Gasteiger partial charge is 0.100 e. The van der Waals surface area contributed by atoms with E-state index in [9.17, 15) is 0 Å². The topological polar surface area (TPSA) is 17.8 Å². The monoisotopic (exact) mass is 172 g/mol. The second-order valence-corrected chi connectivity index (χ2v) is 3.03. The van der Waals surface area contributed by atoms with Gasteiger partial charge < -0.3 is 4.57 Å². The van der Waals surface area contributed by atoms with Crippen molar-refractivity contribution >= 4 is 16.7 Å². The number of hydrogen-bond donors (Lipinski definition) is 0. The van der Waals surface area contributed by atoms with Gasteiger partial charge in [-0.2, -0.15) is 0 Å². The van der Waals surface area contributed by atoms with Crippen LogP contribution in [0.2, 0.25) is 0 Å². The lowest BCUT2D eigenvalue weighted by molar-refractivity contribution is 1.11. The van der Waals surface area contributed by atoms with Gasteiger partial charge in [0.1, 0.15) is 6.33 Å². The summed E-state index contributed by atoms with van der Waals surface area (Å²) in [5.41, 5.74) is 3.41. The third-order valence-corrected chi connectivity index (χ3v) is 2.25. The Morgan fingerprint density at radius 2 is 2.15 bits per heavy atom. The molecule has 0 amide bonds. The molecule has 0 saturated heterocycles. The summed E-state index contributed by atoms with van der Waals surface area (Å²) in [4.78, 5) is 4.31. The minimum Gasteiger partial charge on any atom is -0.303 e. The molecule has 0 bridgehead atoms. The van der Waals surface area contributed by atoms with Gasteiger partial charge in [0.25, 0.3) is 0 Å². The van der Waals surface area contributed by atoms with Gasteiger partial charge in [-0.25, -0.2) is 4.98 Å². The van der Waals surface area contributed by atoms with E-state index in [-0.39, 0.29) is 0 Å². The van der Waals surface area contributed by atoms with E-state index < -0.39 is 0 Å². The van der Waals surface area contributed by atoms with Crippen molar-refractivity contribution in [2.75, 3.05) is 0 Å². The highest BCUT2D eigenvalue weighted by atomic mass is 15.0. The Balaban J connectivity index is 2.71. The summed E-state index contributed by atoms with van der Waals surface area (Å²) < 4.78 is 2.09. The zero-order valence-corrected chi connectivity index (χ0v) is 7.86. The Hall–Kier alpha value is -1.57. The Morgan fingerprint density at radius 1 is 1.38 bits per heavy atom. The number of rotatable bonds is 1. The van der Waals surface area contributed by atoms with Gasteiger partial charge in [0.2, 0.25) is 0 Å². The van der Waals surface area contributed by atoms with Crippen molar-refractivity contribution in [2.24, 2.45) is 0 Å². The lowest BCUT2D eigenvalue weighted by atomic mass is 10.3. The number of para-hydroxylation sites is 2. The molecule has 2 aromatic rings. The van der Waals surface area contributed by atoms with Gasteiger partial charge in [0.15, 0.2) is 0 Å². The molecule has 2 heteroatoms. The summed E-state index contributed by atoms with van der Waals surface area (Å²) in [6.45, 7) is 4.11. The molecular weight excluding hydrogens is 160 g/mol. The normalized spacial score (nSPS) is 12.3. The average molecular weight is 172 g/mol. The van der Waals surface area contributed by atoms with Gasteiger partial charge in [-0.1, -0.05) is 18.2 Å². The number of allylic oxidation sites excluding steroid dienone is 2. The van der Waals surface area contributed by atoms with Crippen molar-refractivity contribution < 1.29 is 0 Å². The van der Waals surface area contributed by atoms with E-state index in [1.165, 1.54) is 5.70 Å². The fourth-order valence-electron chi connectivity index (χ4n) is 1.38. The van der Waals surface area contributed by atoms with Crippen LogP contribution < -0.4 is 0 Å². The molecule has 13 heavy (non-hydrogen) atoms. The quantitative estimate of drug-likeness (QED) is 0.646. The first kappa shape index (κ1) is 8.05. The third-order valence-electron chi connectivity index (χ3n) is 2.25. The maximum atomic E-state index is 4.31. The Labute approximate surface area is 77.5 Å². The minimum absolute atomic E-state index is 1.05. The summed E-state index contributed by atoms with van der Waals surface area (Å²) in [5, 5.41) is 0. The van der Waals surface area contributed by atoms with Crippen LogP contribution in [-0.4, -0.2) is 9.55 Å². The first-order chi connectivity index (χ1) is 6.33. The molecule has 2 nitrogen and oxygen atoms in total. The lowest BCUT2D eigenvalue weighted by Gasteiger charge is -2.01. The molecule has 0 saturated carbocycles. The Morgan fingerprint density at radius 3 is 2.92 bits per heavy atom. The molecule has 0 spiro atoms. The van der Waals surface area contributed by atoms with Crippen LogP contribution in [0.5, 0.6) is 0 Å². The molecule has 0 atom stereocenters. The maximum absolute atomic E-state index is 4.31. The van der Waals surface area contributed by atoms with Gasteiger partial charge in [0.05, 0.1) is 11.0 Å². The van der Waals surface area contributed by atoms with Gasteiger partial charge in [0, 0.05) is 5.70 Å². The number of hydrogen-bond acceptors (Lipinski definition) is 1. The van der Waals surface area contributed by atoms with Crippen molar-refractivity contribution in [3.63, 3.8) is 0 Å². The van der Waals surface area contributed by atoms with Crippen molar-refractivity contribution in [1.82, 2.24) is 9.55 Å². The highest BCUT2D eigenvalue weighted by Gasteiger charge is 2.00. The molecule has 66 valence electrons. The van der Waals surface area contributed by atoms with E-state index in [1.807, 2.05) is 31.5 Å². The van der Waals surface area contributed by atoms with E-state index in [4.69, 9.17) is 0 Å². The SMILES string of the molecule is CC=C(C)n1cnc2ccccc21. The van der Waals surface area contributed by atoms with Crippen LogP contribution in [0.25, 0.3) is 16.7 Å². The van der Waals surface area contributed by atoms with Gasteiger partial charge in [-0.05, 0) is 26.0 Å². The second-order valence-electron chi connectivity index (χ2n) is 3.03. The molecule has 0 N–H and O–H groups in total. The number of benzene rings is 1. The molecular formula is C11H12N2. The summed E-state index contributed by atoms with van der Waals surface area (Å²) in [6, 6.07) is 8.14. The van der Waals surface area contributed by atoms with E-state index in [0.717, 1.165) is 11.0 Å². The zero-order chi connectivity index (χ0) is 9.26. The summed E-state index contributed by atoms with van der Waals surface area (Å²) in [6.07, 6.45) is 3.94. The molecule has 2 rings (SSSR count). The predicted molar refractivity (Wildman–Crippen MR) is 55.4 cm³/mol. The van der Waals surface area contributed by atoms with Crippen LogP contribution in [0, 0.1) is 0 Å². The largest absolute Gasteiger partial charge is 0.303 e. The van der Waals surface area contributed by atoms with Crippen molar-refractivity contribution in [3.05, 3.63) is 36.7 Å². The van der Waals surface area contributed by atoms with Crippen LogP contribution in [0.3, 0.4) is 0 Å². The molecule has 1 aromatic carbocycles. The lowest BCUT2D eigenvalue weighted by Crippen LogP contribution is -1.89. The van der Waals surface area contributed by atoms with E-state index in [1.54, 1.807) is 0 Å². The van der Waals surface area contributed by atoms with E-state index in [0.29, 0.717) is 0 Å². The maximum Gasteiger partial charge on any atom is 0.100 e. The molecule has 0 aliphatic rings. The molecule has 1 heterocycles. The van der Waals surface area contributed by atoms with Crippen molar-refractivity contribution in [2.45, 2.75) is 13.8 Å². The standard InChI is InChI=1S/C11H12N2/c1-3-9(2)13-8-12-10-6-4-5-7-11(10)13/h3-8H,1-2H3. The zero-order valence-electron chi connectivity index (χ0n) is 7.86. The highest BCUT2D eigenvalue weighted by molar-refractivity contribution is 5.78. The van der Waals surface area contributed by atoms with Gasteiger partial charge in [-0.15, -0.1) is 0 Å². The van der Waals surface area contributed by atoms with E-state index in [2.05, 4.69) is 28.6 Å². The Bertz CT molecular complexity index is 452. The summed E-state index contributed by atoms with van der Waals surface area (Å²) in [5.74, 6) is 0. The number of imidazole rings is 1. The molecule has 0 aliphatic heterocycles. The van der Waals surface area contributed by atoms with Crippen LogP contribution >= 0.6 is 0 Å².